The first-order valence-electron chi connectivity index (χ1n) is 7.91. The molecule has 1 aliphatic rings. The smallest absolute Gasteiger partial charge is 0.251 e. The number of carbonyl (C=O) groups is 1. The lowest BCUT2D eigenvalue weighted by Gasteiger charge is -2.10. The van der Waals surface area contributed by atoms with Gasteiger partial charge in [0.25, 0.3) is 5.91 Å². The number of sulfonamides is 1. The highest BCUT2D eigenvalue weighted by Crippen LogP contribution is 2.20. The van der Waals surface area contributed by atoms with Crippen molar-refractivity contribution in [3.8, 4) is 0 Å². The molecule has 0 aliphatic heterocycles. The van der Waals surface area contributed by atoms with E-state index in [0.29, 0.717) is 5.56 Å². The highest BCUT2D eigenvalue weighted by Gasteiger charge is 2.24. The molecule has 0 aromatic heterocycles. The van der Waals surface area contributed by atoms with Gasteiger partial charge in [0, 0.05) is 18.2 Å². The van der Waals surface area contributed by atoms with E-state index in [4.69, 9.17) is 0 Å². The lowest BCUT2D eigenvalue weighted by Crippen LogP contribution is -2.27. The summed E-state index contributed by atoms with van der Waals surface area (Å²) < 4.78 is 27.6. The van der Waals surface area contributed by atoms with Gasteiger partial charge in [0.1, 0.15) is 0 Å². The van der Waals surface area contributed by atoms with Crippen molar-refractivity contribution in [2.45, 2.75) is 37.2 Å². The van der Waals surface area contributed by atoms with Crippen molar-refractivity contribution in [1.82, 2.24) is 10.0 Å². The van der Waals surface area contributed by atoms with Gasteiger partial charge in [-0.05, 0) is 49.1 Å². The number of hydrogen-bond donors (Lipinski definition) is 2. The van der Waals surface area contributed by atoms with Gasteiger partial charge in [0.2, 0.25) is 10.0 Å². The third kappa shape index (κ3) is 4.01. The molecule has 1 aliphatic carbocycles. The lowest BCUT2D eigenvalue weighted by molar-refractivity contribution is 0.0951. The molecule has 1 fully saturated rings. The van der Waals surface area contributed by atoms with Gasteiger partial charge in [0.05, 0.1) is 4.90 Å². The number of amides is 1. The van der Waals surface area contributed by atoms with Crippen LogP contribution in [-0.4, -0.2) is 20.4 Å². The highest BCUT2D eigenvalue weighted by atomic mass is 32.2. The molecule has 5 nitrogen and oxygen atoms in total. The first-order valence-corrected chi connectivity index (χ1v) is 9.39. The predicted molar refractivity (Wildman–Crippen MR) is 92.1 cm³/mol. The molecule has 1 saturated carbocycles. The second kappa shape index (κ2) is 6.75. The van der Waals surface area contributed by atoms with Gasteiger partial charge < -0.3 is 5.32 Å². The Balaban J connectivity index is 1.74. The van der Waals surface area contributed by atoms with Crippen LogP contribution >= 0.6 is 0 Å². The Labute approximate surface area is 142 Å². The summed E-state index contributed by atoms with van der Waals surface area (Å²) >= 11 is 0. The van der Waals surface area contributed by atoms with Gasteiger partial charge in [-0.3, -0.25) is 4.79 Å². The molecule has 0 atom stereocenters. The van der Waals surface area contributed by atoms with E-state index in [2.05, 4.69) is 10.0 Å². The molecular formula is C18H20N2O3S. The van der Waals surface area contributed by atoms with Crippen molar-refractivity contribution in [3.05, 3.63) is 65.2 Å². The maximum atomic E-state index is 12.5. The molecule has 2 N–H and O–H groups in total. The molecule has 0 bridgehead atoms. The monoisotopic (exact) mass is 344 g/mol. The second-order valence-corrected chi connectivity index (χ2v) is 7.79. The Morgan fingerprint density at radius 2 is 1.88 bits per heavy atom. The molecule has 24 heavy (non-hydrogen) atoms. The summed E-state index contributed by atoms with van der Waals surface area (Å²) in [5.41, 5.74) is 2.31. The van der Waals surface area contributed by atoms with Crippen LogP contribution < -0.4 is 10.0 Å². The van der Waals surface area contributed by atoms with Gasteiger partial charge in [-0.15, -0.1) is 0 Å². The van der Waals surface area contributed by atoms with Gasteiger partial charge in [-0.1, -0.05) is 30.3 Å². The third-order valence-corrected chi connectivity index (χ3v) is 5.43. The Hall–Kier alpha value is -2.18. The fraction of sp³-hybridized carbons (Fsp3) is 0.278. The van der Waals surface area contributed by atoms with Crippen molar-refractivity contribution in [2.75, 3.05) is 0 Å². The van der Waals surface area contributed by atoms with Crippen LogP contribution in [0.4, 0.5) is 0 Å². The van der Waals surface area contributed by atoms with Crippen LogP contribution in [0.5, 0.6) is 0 Å². The number of nitrogens with one attached hydrogen (secondary N) is 2. The van der Waals surface area contributed by atoms with Crippen LogP contribution in [-0.2, 0) is 16.6 Å². The van der Waals surface area contributed by atoms with E-state index in [1.54, 1.807) is 12.1 Å². The van der Waals surface area contributed by atoms with E-state index in [1.807, 2.05) is 31.2 Å². The van der Waals surface area contributed by atoms with Gasteiger partial charge in [-0.2, -0.15) is 0 Å². The standard InChI is InChI=1S/C18H20N2O3S/c1-13-5-2-3-6-15(13)12-19-24(22,23)17-8-4-7-14(11-17)18(21)20-16-9-10-16/h2-8,11,16,19H,9-10,12H2,1H3,(H,20,21). The highest BCUT2D eigenvalue weighted by molar-refractivity contribution is 7.89. The topological polar surface area (TPSA) is 75.3 Å². The maximum absolute atomic E-state index is 12.5. The molecule has 0 spiro atoms. The summed E-state index contributed by atoms with van der Waals surface area (Å²) in [7, 11) is -3.67. The molecule has 0 unspecified atom stereocenters. The fourth-order valence-corrected chi connectivity index (χ4v) is 3.42. The zero-order chi connectivity index (χ0) is 17.2. The largest absolute Gasteiger partial charge is 0.349 e. The second-order valence-electron chi connectivity index (χ2n) is 6.03. The molecule has 0 radical (unpaired) electrons. The molecular weight excluding hydrogens is 324 g/mol. The number of benzene rings is 2. The van der Waals surface area contributed by atoms with Crippen molar-refractivity contribution >= 4 is 15.9 Å². The number of hydrogen-bond acceptors (Lipinski definition) is 3. The minimum atomic E-state index is -3.67. The molecule has 1 amide bonds. The number of aryl methyl sites for hydroxylation is 1. The first-order chi connectivity index (χ1) is 11.5. The number of rotatable bonds is 6. The average molecular weight is 344 g/mol. The Morgan fingerprint density at radius 1 is 1.12 bits per heavy atom. The molecule has 2 aromatic carbocycles. The zero-order valence-electron chi connectivity index (χ0n) is 13.5. The summed E-state index contributed by atoms with van der Waals surface area (Å²) in [6, 6.07) is 14.0. The van der Waals surface area contributed by atoms with Crippen molar-refractivity contribution in [3.63, 3.8) is 0 Å². The van der Waals surface area contributed by atoms with Crippen LogP contribution in [0.25, 0.3) is 0 Å². The van der Waals surface area contributed by atoms with Crippen LogP contribution in [0, 0.1) is 6.92 Å². The van der Waals surface area contributed by atoms with Gasteiger partial charge in [0.15, 0.2) is 0 Å². The van der Waals surface area contributed by atoms with Crippen LogP contribution in [0.1, 0.15) is 34.3 Å². The molecule has 126 valence electrons. The maximum Gasteiger partial charge on any atom is 0.251 e. The normalized spacial score (nSPS) is 14.4. The van der Waals surface area contributed by atoms with E-state index in [9.17, 15) is 13.2 Å². The minimum absolute atomic E-state index is 0.0968. The molecule has 2 aromatic rings. The molecule has 0 saturated heterocycles. The van der Waals surface area contributed by atoms with E-state index in [0.717, 1.165) is 24.0 Å². The molecule has 3 rings (SSSR count). The van der Waals surface area contributed by atoms with E-state index >= 15 is 0 Å². The van der Waals surface area contributed by atoms with Crippen molar-refractivity contribution in [2.24, 2.45) is 0 Å². The Kier molecular flexibility index (Phi) is 4.69. The van der Waals surface area contributed by atoms with E-state index in [1.165, 1.54) is 12.1 Å². The molecule has 6 heteroatoms. The van der Waals surface area contributed by atoms with Gasteiger partial charge in [-0.25, -0.2) is 13.1 Å². The first kappa shape index (κ1) is 16.7. The van der Waals surface area contributed by atoms with Crippen molar-refractivity contribution in [1.29, 1.82) is 0 Å². The summed E-state index contributed by atoms with van der Waals surface area (Å²) in [4.78, 5) is 12.2. The van der Waals surface area contributed by atoms with E-state index in [-0.39, 0.29) is 23.4 Å². The van der Waals surface area contributed by atoms with Crippen LogP contribution in [0.3, 0.4) is 0 Å². The zero-order valence-corrected chi connectivity index (χ0v) is 14.3. The quantitative estimate of drug-likeness (QED) is 0.845. The number of carbonyl (C=O) groups excluding carboxylic acids is 1. The van der Waals surface area contributed by atoms with Gasteiger partial charge >= 0.3 is 0 Å². The SMILES string of the molecule is Cc1ccccc1CNS(=O)(=O)c1cccc(C(=O)NC2CC2)c1. The fourth-order valence-electron chi connectivity index (χ4n) is 2.37. The average Bonchev–Trinajstić information content (AvgIpc) is 3.38. The Bertz CT molecular complexity index is 858. The molecule has 0 heterocycles. The summed E-state index contributed by atoms with van der Waals surface area (Å²) in [5.74, 6) is -0.228. The predicted octanol–water partition coefficient (Wildman–Crippen LogP) is 2.37. The Morgan fingerprint density at radius 3 is 2.58 bits per heavy atom. The van der Waals surface area contributed by atoms with E-state index < -0.39 is 10.0 Å². The minimum Gasteiger partial charge on any atom is -0.349 e. The summed E-state index contributed by atoms with van der Waals surface area (Å²) in [5, 5.41) is 2.86. The summed E-state index contributed by atoms with van der Waals surface area (Å²) in [6.07, 6.45) is 1.98. The van der Waals surface area contributed by atoms with Crippen LogP contribution in [0.2, 0.25) is 0 Å². The van der Waals surface area contributed by atoms with Crippen molar-refractivity contribution < 1.29 is 13.2 Å². The summed E-state index contributed by atoms with van der Waals surface area (Å²) in [6.45, 7) is 2.15. The third-order valence-electron chi connectivity index (χ3n) is 4.03. The van der Waals surface area contributed by atoms with Crippen LogP contribution in [0.15, 0.2) is 53.4 Å². The lowest BCUT2D eigenvalue weighted by atomic mass is 10.1.